The zero-order chi connectivity index (χ0) is 24.5. The molecule has 0 spiro atoms. The molecule has 0 fully saturated rings. The van der Waals surface area contributed by atoms with E-state index in [1.165, 1.54) is 0 Å². The molecule has 7 heteroatoms. The number of carbonyl (C=O) groups excluding carboxylic acids is 3. The largest absolute Gasteiger partial charge is 0.345 e. The smallest absolute Gasteiger partial charge is 0.255 e. The number of anilines is 1. The summed E-state index contributed by atoms with van der Waals surface area (Å²) >= 11 is 6.35. The summed E-state index contributed by atoms with van der Waals surface area (Å²) < 4.78 is 0. The molecule has 0 aliphatic heterocycles. The van der Waals surface area contributed by atoms with Gasteiger partial charge < -0.3 is 15.5 Å². The number of benzene rings is 3. The Balaban J connectivity index is 1.72. The van der Waals surface area contributed by atoms with E-state index >= 15 is 0 Å². The van der Waals surface area contributed by atoms with E-state index in [2.05, 4.69) is 10.6 Å². The molecule has 1 unspecified atom stereocenters. The third kappa shape index (κ3) is 6.45. The van der Waals surface area contributed by atoms with Gasteiger partial charge in [0.15, 0.2) is 0 Å². The number of amides is 3. The summed E-state index contributed by atoms with van der Waals surface area (Å²) in [5.41, 5.74) is 2.21. The topological polar surface area (TPSA) is 78.5 Å². The maximum absolute atomic E-state index is 12.9. The minimum absolute atomic E-state index is 0.0281. The minimum atomic E-state index is -0.520. The van der Waals surface area contributed by atoms with E-state index in [4.69, 9.17) is 11.6 Å². The van der Waals surface area contributed by atoms with Gasteiger partial charge >= 0.3 is 0 Å². The molecule has 0 bridgehead atoms. The SMILES string of the molecule is CCN(CC)C(=O)c1ccc(NC(=O)CC(NC(=O)c2ccccc2)c2ccccc2)cc1Cl. The summed E-state index contributed by atoms with van der Waals surface area (Å²) in [6.45, 7) is 4.98. The summed E-state index contributed by atoms with van der Waals surface area (Å²) in [5.74, 6) is -0.702. The zero-order valence-corrected chi connectivity index (χ0v) is 20.0. The van der Waals surface area contributed by atoms with Crippen molar-refractivity contribution in [3.8, 4) is 0 Å². The molecule has 0 aliphatic carbocycles. The normalized spacial score (nSPS) is 11.4. The van der Waals surface area contributed by atoms with Crippen LogP contribution in [-0.2, 0) is 4.79 Å². The van der Waals surface area contributed by atoms with Gasteiger partial charge in [0.05, 0.1) is 23.0 Å². The summed E-state index contributed by atoms with van der Waals surface area (Å²) in [6, 6.07) is 22.5. The standard InChI is InChI=1S/C27H28ClN3O3/c1-3-31(4-2)27(34)22-16-15-21(17-23(22)28)29-25(32)18-24(19-11-7-5-8-12-19)30-26(33)20-13-9-6-10-14-20/h5-17,24H,3-4,18H2,1-2H3,(H,29,32)(H,30,33). The second-order valence-electron chi connectivity index (χ2n) is 7.73. The van der Waals surface area contributed by atoms with Crippen molar-refractivity contribution in [2.75, 3.05) is 18.4 Å². The molecule has 1 atom stereocenters. The second-order valence-corrected chi connectivity index (χ2v) is 8.13. The van der Waals surface area contributed by atoms with Crippen LogP contribution < -0.4 is 10.6 Å². The molecule has 176 valence electrons. The number of carbonyl (C=O) groups is 3. The maximum Gasteiger partial charge on any atom is 0.255 e. The number of halogens is 1. The third-order valence-electron chi connectivity index (χ3n) is 5.47. The Hall–Kier alpha value is -3.64. The Morgan fingerprint density at radius 3 is 2.09 bits per heavy atom. The van der Waals surface area contributed by atoms with Crippen LogP contribution in [0, 0.1) is 0 Å². The second kappa shape index (κ2) is 12.0. The van der Waals surface area contributed by atoms with Gasteiger partial charge in [-0.1, -0.05) is 60.1 Å². The fraction of sp³-hybridized carbons (Fsp3) is 0.222. The highest BCUT2D eigenvalue weighted by atomic mass is 35.5. The number of rotatable bonds is 9. The van der Waals surface area contributed by atoms with Crippen molar-refractivity contribution in [3.05, 3.63) is 101 Å². The van der Waals surface area contributed by atoms with Gasteiger partial charge in [0, 0.05) is 24.3 Å². The van der Waals surface area contributed by atoms with Gasteiger partial charge in [-0.05, 0) is 49.7 Å². The van der Waals surface area contributed by atoms with Crippen molar-refractivity contribution in [1.29, 1.82) is 0 Å². The van der Waals surface area contributed by atoms with E-state index in [0.717, 1.165) is 5.56 Å². The summed E-state index contributed by atoms with van der Waals surface area (Å²) in [4.78, 5) is 39.9. The van der Waals surface area contributed by atoms with Crippen molar-refractivity contribution >= 4 is 35.0 Å². The van der Waals surface area contributed by atoms with Crippen molar-refractivity contribution in [3.63, 3.8) is 0 Å². The van der Waals surface area contributed by atoms with Gasteiger partial charge in [-0.2, -0.15) is 0 Å². The first-order chi connectivity index (χ1) is 16.4. The van der Waals surface area contributed by atoms with Crippen molar-refractivity contribution in [2.24, 2.45) is 0 Å². The highest BCUT2D eigenvalue weighted by Gasteiger charge is 2.20. The molecule has 0 radical (unpaired) electrons. The summed E-state index contributed by atoms with van der Waals surface area (Å²) in [5, 5.41) is 6.04. The summed E-state index contributed by atoms with van der Waals surface area (Å²) in [7, 11) is 0. The minimum Gasteiger partial charge on any atom is -0.345 e. The van der Waals surface area contributed by atoms with E-state index in [-0.39, 0.29) is 29.2 Å². The molecule has 0 aromatic heterocycles. The highest BCUT2D eigenvalue weighted by Crippen LogP contribution is 2.24. The van der Waals surface area contributed by atoms with Crippen LogP contribution in [0.15, 0.2) is 78.9 Å². The average Bonchev–Trinajstić information content (AvgIpc) is 2.85. The molecule has 34 heavy (non-hydrogen) atoms. The first-order valence-corrected chi connectivity index (χ1v) is 11.6. The van der Waals surface area contributed by atoms with E-state index in [1.54, 1.807) is 47.4 Å². The number of hydrogen-bond acceptors (Lipinski definition) is 3. The zero-order valence-electron chi connectivity index (χ0n) is 19.3. The number of nitrogens with zero attached hydrogens (tertiary/aromatic N) is 1. The molecular weight excluding hydrogens is 450 g/mol. The molecule has 6 nitrogen and oxygen atoms in total. The van der Waals surface area contributed by atoms with Gasteiger partial charge in [0.1, 0.15) is 0 Å². The molecular formula is C27H28ClN3O3. The molecule has 0 aliphatic rings. The lowest BCUT2D eigenvalue weighted by Gasteiger charge is -2.20. The first-order valence-electron chi connectivity index (χ1n) is 11.2. The predicted molar refractivity (Wildman–Crippen MR) is 135 cm³/mol. The number of hydrogen-bond donors (Lipinski definition) is 2. The fourth-order valence-corrected chi connectivity index (χ4v) is 3.87. The van der Waals surface area contributed by atoms with Gasteiger partial charge in [-0.3, -0.25) is 14.4 Å². The van der Waals surface area contributed by atoms with E-state index in [9.17, 15) is 14.4 Å². The molecule has 0 saturated heterocycles. The van der Waals surface area contributed by atoms with Crippen molar-refractivity contribution < 1.29 is 14.4 Å². The van der Waals surface area contributed by atoms with Crippen LogP contribution in [0.1, 0.15) is 52.6 Å². The molecule has 2 N–H and O–H groups in total. The lowest BCUT2D eigenvalue weighted by atomic mass is 10.0. The van der Waals surface area contributed by atoms with Crippen LogP contribution >= 0.6 is 11.6 Å². The van der Waals surface area contributed by atoms with Crippen LogP contribution in [0.25, 0.3) is 0 Å². The van der Waals surface area contributed by atoms with Gasteiger partial charge in [0.25, 0.3) is 11.8 Å². The Kier molecular flexibility index (Phi) is 8.82. The van der Waals surface area contributed by atoms with Crippen LogP contribution in [0.3, 0.4) is 0 Å². The highest BCUT2D eigenvalue weighted by molar-refractivity contribution is 6.34. The third-order valence-corrected chi connectivity index (χ3v) is 5.78. The molecule has 3 rings (SSSR count). The monoisotopic (exact) mass is 477 g/mol. The molecule has 3 aromatic rings. The fourth-order valence-electron chi connectivity index (χ4n) is 3.61. The van der Waals surface area contributed by atoms with E-state index in [1.807, 2.05) is 50.2 Å². The average molecular weight is 478 g/mol. The van der Waals surface area contributed by atoms with E-state index < -0.39 is 6.04 Å². The van der Waals surface area contributed by atoms with Gasteiger partial charge in [-0.15, -0.1) is 0 Å². The van der Waals surface area contributed by atoms with Crippen LogP contribution in [0.5, 0.6) is 0 Å². The molecule has 0 heterocycles. The Morgan fingerprint density at radius 2 is 1.50 bits per heavy atom. The van der Waals surface area contributed by atoms with Crippen LogP contribution in [0.2, 0.25) is 5.02 Å². The lowest BCUT2D eigenvalue weighted by molar-refractivity contribution is -0.116. The Labute approximate surface area is 204 Å². The predicted octanol–water partition coefficient (Wildman–Crippen LogP) is 5.32. The van der Waals surface area contributed by atoms with Gasteiger partial charge in [0.2, 0.25) is 5.91 Å². The van der Waals surface area contributed by atoms with Gasteiger partial charge in [-0.25, -0.2) is 0 Å². The number of nitrogens with one attached hydrogen (secondary N) is 2. The molecule has 3 amide bonds. The van der Waals surface area contributed by atoms with Crippen LogP contribution in [0.4, 0.5) is 5.69 Å². The summed E-state index contributed by atoms with van der Waals surface area (Å²) in [6.07, 6.45) is 0.0281. The Bertz CT molecular complexity index is 1130. The van der Waals surface area contributed by atoms with Crippen LogP contribution in [-0.4, -0.2) is 35.7 Å². The first kappa shape index (κ1) is 25.0. The maximum atomic E-state index is 12.9. The molecule has 3 aromatic carbocycles. The van der Waals surface area contributed by atoms with Crippen molar-refractivity contribution in [2.45, 2.75) is 26.3 Å². The Morgan fingerprint density at radius 1 is 0.882 bits per heavy atom. The van der Waals surface area contributed by atoms with E-state index in [0.29, 0.717) is 29.9 Å². The van der Waals surface area contributed by atoms with Crippen molar-refractivity contribution in [1.82, 2.24) is 10.2 Å². The lowest BCUT2D eigenvalue weighted by Crippen LogP contribution is -2.31. The molecule has 0 saturated carbocycles. The quantitative estimate of drug-likeness (QED) is 0.437.